The Labute approximate surface area is 136 Å². The van der Waals surface area contributed by atoms with Crippen LogP contribution in [0.25, 0.3) is 0 Å². The van der Waals surface area contributed by atoms with Gasteiger partial charge in [0.05, 0.1) is 6.04 Å². The summed E-state index contributed by atoms with van der Waals surface area (Å²) in [5.41, 5.74) is 2.44. The lowest BCUT2D eigenvalue weighted by Gasteiger charge is -2.19. The van der Waals surface area contributed by atoms with Crippen LogP contribution < -0.4 is 10.6 Å². The standard InChI is InChI=1S/C18H24N2OS/c1-13(2)14-6-8-15(9-7-14)18(16-5-4-12-22-16)20-17(21)10-11-19-3/h4-9,12-13,18-19H,10-11H2,1-3H3,(H,20,21). The van der Waals surface area contributed by atoms with Crippen LogP contribution in [-0.4, -0.2) is 19.5 Å². The van der Waals surface area contributed by atoms with E-state index < -0.39 is 0 Å². The number of hydrogen-bond donors (Lipinski definition) is 2. The first kappa shape index (κ1) is 16.7. The van der Waals surface area contributed by atoms with Gasteiger partial charge in [0.15, 0.2) is 0 Å². The summed E-state index contributed by atoms with van der Waals surface area (Å²) >= 11 is 1.67. The van der Waals surface area contributed by atoms with Crippen LogP contribution in [0.4, 0.5) is 0 Å². The van der Waals surface area contributed by atoms with Crippen LogP contribution in [-0.2, 0) is 4.79 Å². The smallest absolute Gasteiger partial charge is 0.222 e. The lowest BCUT2D eigenvalue weighted by Crippen LogP contribution is -2.30. The van der Waals surface area contributed by atoms with Gasteiger partial charge in [-0.15, -0.1) is 11.3 Å². The van der Waals surface area contributed by atoms with Crippen LogP contribution in [0.5, 0.6) is 0 Å². The Balaban J connectivity index is 2.19. The van der Waals surface area contributed by atoms with E-state index in [1.54, 1.807) is 11.3 Å². The Kier molecular flexibility index (Phi) is 6.16. The SMILES string of the molecule is CNCCC(=O)NC(c1ccc(C(C)C)cc1)c1cccs1. The van der Waals surface area contributed by atoms with E-state index in [1.807, 2.05) is 18.5 Å². The number of benzene rings is 1. The van der Waals surface area contributed by atoms with Gasteiger partial charge in [0.25, 0.3) is 0 Å². The molecular weight excluding hydrogens is 292 g/mol. The Hall–Kier alpha value is -1.65. The Bertz CT molecular complexity index is 576. The normalized spacial score (nSPS) is 12.4. The summed E-state index contributed by atoms with van der Waals surface area (Å²) in [6.07, 6.45) is 0.489. The fraction of sp³-hybridized carbons (Fsp3) is 0.389. The zero-order valence-corrected chi connectivity index (χ0v) is 14.2. The minimum atomic E-state index is -0.0643. The highest BCUT2D eigenvalue weighted by molar-refractivity contribution is 7.10. The van der Waals surface area contributed by atoms with E-state index in [2.05, 4.69) is 54.8 Å². The second-order valence-electron chi connectivity index (χ2n) is 5.69. The van der Waals surface area contributed by atoms with Crippen LogP contribution in [0, 0.1) is 0 Å². The predicted octanol–water partition coefficient (Wildman–Crippen LogP) is 3.69. The van der Waals surface area contributed by atoms with Crippen LogP contribution >= 0.6 is 11.3 Å². The van der Waals surface area contributed by atoms with Crippen molar-refractivity contribution in [2.75, 3.05) is 13.6 Å². The molecule has 1 unspecified atom stereocenters. The van der Waals surface area contributed by atoms with Crippen molar-refractivity contribution in [2.24, 2.45) is 0 Å². The summed E-state index contributed by atoms with van der Waals surface area (Å²) in [6, 6.07) is 12.6. The fourth-order valence-electron chi connectivity index (χ4n) is 2.32. The number of amides is 1. The van der Waals surface area contributed by atoms with Gasteiger partial charge in [0, 0.05) is 17.8 Å². The van der Waals surface area contributed by atoms with Gasteiger partial charge in [-0.3, -0.25) is 4.79 Å². The van der Waals surface area contributed by atoms with Crippen molar-refractivity contribution in [1.29, 1.82) is 0 Å². The number of rotatable bonds is 7. The lowest BCUT2D eigenvalue weighted by atomic mass is 9.98. The fourth-order valence-corrected chi connectivity index (χ4v) is 3.12. The Morgan fingerprint density at radius 2 is 1.82 bits per heavy atom. The third kappa shape index (κ3) is 4.42. The molecule has 0 spiro atoms. The Morgan fingerprint density at radius 1 is 1.14 bits per heavy atom. The van der Waals surface area contributed by atoms with Crippen molar-refractivity contribution in [1.82, 2.24) is 10.6 Å². The molecule has 1 aromatic heterocycles. The number of carbonyl (C=O) groups excluding carboxylic acids is 1. The van der Waals surface area contributed by atoms with Crippen LogP contribution in [0.1, 0.15) is 48.2 Å². The quantitative estimate of drug-likeness (QED) is 0.818. The molecule has 1 aromatic carbocycles. The summed E-state index contributed by atoms with van der Waals surface area (Å²) in [7, 11) is 1.86. The van der Waals surface area contributed by atoms with Crippen molar-refractivity contribution in [3.63, 3.8) is 0 Å². The molecule has 0 radical (unpaired) electrons. The van der Waals surface area contributed by atoms with E-state index in [0.717, 1.165) is 10.4 Å². The molecular formula is C18H24N2OS. The maximum Gasteiger partial charge on any atom is 0.222 e. The molecule has 0 aliphatic heterocycles. The molecule has 22 heavy (non-hydrogen) atoms. The van der Waals surface area contributed by atoms with Crippen molar-refractivity contribution >= 4 is 17.2 Å². The Morgan fingerprint density at radius 3 is 2.36 bits per heavy atom. The third-order valence-electron chi connectivity index (χ3n) is 3.67. The van der Waals surface area contributed by atoms with Gasteiger partial charge in [0.2, 0.25) is 5.91 Å². The molecule has 1 amide bonds. The second kappa shape index (κ2) is 8.11. The van der Waals surface area contributed by atoms with Gasteiger partial charge >= 0.3 is 0 Å². The summed E-state index contributed by atoms with van der Waals surface area (Å²) in [5.74, 6) is 0.583. The van der Waals surface area contributed by atoms with Crippen molar-refractivity contribution < 1.29 is 4.79 Å². The topological polar surface area (TPSA) is 41.1 Å². The zero-order valence-electron chi connectivity index (χ0n) is 13.4. The number of thiophene rings is 1. The molecule has 2 N–H and O–H groups in total. The molecule has 118 valence electrons. The molecule has 0 aliphatic carbocycles. The molecule has 1 atom stereocenters. The molecule has 2 aromatic rings. The first-order chi connectivity index (χ1) is 10.6. The minimum Gasteiger partial charge on any atom is -0.344 e. The summed E-state index contributed by atoms with van der Waals surface area (Å²) in [4.78, 5) is 13.3. The maximum atomic E-state index is 12.1. The average molecular weight is 316 g/mol. The van der Waals surface area contributed by atoms with Crippen LogP contribution in [0.15, 0.2) is 41.8 Å². The summed E-state index contributed by atoms with van der Waals surface area (Å²) in [6.45, 7) is 5.06. The summed E-state index contributed by atoms with van der Waals surface area (Å²) in [5, 5.41) is 8.20. The van der Waals surface area contributed by atoms with Crippen molar-refractivity contribution in [3.8, 4) is 0 Å². The van der Waals surface area contributed by atoms with Crippen molar-refractivity contribution in [2.45, 2.75) is 32.2 Å². The van der Waals surface area contributed by atoms with Gasteiger partial charge in [-0.25, -0.2) is 0 Å². The van der Waals surface area contributed by atoms with Crippen molar-refractivity contribution in [3.05, 3.63) is 57.8 Å². The van der Waals surface area contributed by atoms with Gasteiger partial charge in [0.1, 0.15) is 0 Å². The van der Waals surface area contributed by atoms with Gasteiger partial charge < -0.3 is 10.6 Å². The van der Waals surface area contributed by atoms with Gasteiger partial charge in [-0.1, -0.05) is 44.2 Å². The lowest BCUT2D eigenvalue weighted by molar-refractivity contribution is -0.121. The third-order valence-corrected chi connectivity index (χ3v) is 4.61. The second-order valence-corrected chi connectivity index (χ2v) is 6.67. The number of carbonyl (C=O) groups is 1. The highest BCUT2D eigenvalue weighted by atomic mass is 32.1. The van der Waals surface area contributed by atoms with E-state index in [1.165, 1.54) is 5.56 Å². The van der Waals surface area contributed by atoms with E-state index in [4.69, 9.17) is 0 Å². The number of nitrogens with one attached hydrogen (secondary N) is 2. The zero-order chi connectivity index (χ0) is 15.9. The van der Waals surface area contributed by atoms with E-state index in [0.29, 0.717) is 18.9 Å². The maximum absolute atomic E-state index is 12.1. The molecule has 4 heteroatoms. The van der Waals surface area contributed by atoms with Gasteiger partial charge in [-0.2, -0.15) is 0 Å². The molecule has 1 heterocycles. The van der Waals surface area contributed by atoms with Crippen LogP contribution in [0.2, 0.25) is 0 Å². The monoisotopic (exact) mass is 316 g/mol. The first-order valence-corrected chi connectivity index (χ1v) is 8.57. The van der Waals surface area contributed by atoms with E-state index in [9.17, 15) is 4.79 Å². The number of hydrogen-bond acceptors (Lipinski definition) is 3. The largest absolute Gasteiger partial charge is 0.344 e. The first-order valence-electron chi connectivity index (χ1n) is 7.69. The molecule has 0 bridgehead atoms. The molecule has 0 saturated heterocycles. The van der Waals surface area contributed by atoms with Gasteiger partial charge in [-0.05, 0) is 35.5 Å². The predicted molar refractivity (Wildman–Crippen MR) is 93.4 cm³/mol. The highest BCUT2D eigenvalue weighted by Gasteiger charge is 2.17. The van der Waals surface area contributed by atoms with Crippen LogP contribution in [0.3, 0.4) is 0 Å². The minimum absolute atomic E-state index is 0.0643. The molecule has 0 fully saturated rings. The van der Waals surface area contributed by atoms with E-state index in [-0.39, 0.29) is 11.9 Å². The molecule has 3 nitrogen and oxygen atoms in total. The van der Waals surface area contributed by atoms with E-state index >= 15 is 0 Å². The molecule has 2 rings (SSSR count). The summed E-state index contributed by atoms with van der Waals surface area (Å²) < 4.78 is 0. The molecule has 0 saturated carbocycles. The highest BCUT2D eigenvalue weighted by Crippen LogP contribution is 2.27. The molecule has 0 aliphatic rings. The average Bonchev–Trinajstić information content (AvgIpc) is 3.05.